The van der Waals surface area contributed by atoms with Gasteiger partial charge in [0.05, 0.1) is 19.6 Å². The first kappa shape index (κ1) is 14.4. The SMILES string of the molecule is CCC(O)[N+](CC)(CC)CC.[OH-]. The summed E-state index contributed by atoms with van der Waals surface area (Å²) in [4.78, 5) is 0. The van der Waals surface area contributed by atoms with Crippen molar-refractivity contribution in [2.45, 2.75) is 40.3 Å². The van der Waals surface area contributed by atoms with Crippen LogP contribution in [-0.2, 0) is 0 Å². The summed E-state index contributed by atoms with van der Waals surface area (Å²) in [5, 5.41) is 9.74. The third-order valence-corrected chi connectivity index (χ3v) is 2.89. The average molecular weight is 177 g/mol. The zero-order chi connectivity index (χ0) is 8.91. The molecule has 3 heteroatoms. The molecule has 76 valence electrons. The first-order valence-electron chi connectivity index (χ1n) is 4.70. The van der Waals surface area contributed by atoms with Gasteiger partial charge in [0.2, 0.25) is 0 Å². The normalized spacial score (nSPS) is 13.8. The van der Waals surface area contributed by atoms with Gasteiger partial charge >= 0.3 is 0 Å². The molecule has 0 aromatic heterocycles. The summed E-state index contributed by atoms with van der Waals surface area (Å²) in [6, 6.07) is 0. The van der Waals surface area contributed by atoms with Crippen molar-refractivity contribution in [1.82, 2.24) is 0 Å². The number of nitrogens with zero attached hydrogens (tertiary/aromatic N) is 1. The number of hydrogen-bond donors (Lipinski definition) is 1. The van der Waals surface area contributed by atoms with E-state index >= 15 is 0 Å². The van der Waals surface area contributed by atoms with Gasteiger partial charge < -0.3 is 10.6 Å². The fraction of sp³-hybridized carbons (Fsp3) is 1.00. The Kier molecular flexibility index (Phi) is 7.69. The lowest BCUT2D eigenvalue weighted by molar-refractivity contribution is -0.966. The topological polar surface area (TPSA) is 50.2 Å². The number of aliphatic hydroxyl groups excluding tert-OH is 1. The Bertz CT molecular complexity index is 94.4. The largest absolute Gasteiger partial charge is 0.870 e. The molecule has 12 heavy (non-hydrogen) atoms. The number of aliphatic hydroxyl groups is 1. The highest BCUT2D eigenvalue weighted by Crippen LogP contribution is 2.13. The molecule has 0 amide bonds. The van der Waals surface area contributed by atoms with Crippen molar-refractivity contribution in [3.05, 3.63) is 0 Å². The quantitative estimate of drug-likeness (QED) is 0.510. The standard InChI is InChI=1S/C9H22NO.H2O/c1-5-9(11)10(6-2,7-3)8-4;/h9,11H,5-8H2,1-4H3;1H2/q+1;/p-1. The van der Waals surface area contributed by atoms with E-state index in [4.69, 9.17) is 0 Å². The summed E-state index contributed by atoms with van der Waals surface area (Å²) in [5.41, 5.74) is 0. The van der Waals surface area contributed by atoms with E-state index in [0.29, 0.717) is 0 Å². The Hall–Kier alpha value is -0.120. The van der Waals surface area contributed by atoms with E-state index in [9.17, 15) is 5.11 Å². The van der Waals surface area contributed by atoms with Crippen LogP contribution in [0.5, 0.6) is 0 Å². The molecule has 1 unspecified atom stereocenters. The third-order valence-electron chi connectivity index (χ3n) is 2.89. The van der Waals surface area contributed by atoms with E-state index in [2.05, 4.69) is 20.8 Å². The van der Waals surface area contributed by atoms with Gasteiger partial charge in [-0.3, -0.25) is 4.48 Å². The van der Waals surface area contributed by atoms with E-state index in [1.165, 1.54) is 0 Å². The molecule has 0 bridgehead atoms. The van der Waals surface area contributed by atoms with Crippen LogP contribution in [0.15, 0.2) is 0 Å². The Morgan fingerprint density at radius 2 is 1.33 bits per heavy atom. The maximum atomic E-state index is 9.74. The predicted molar refractivity (Wildman–Crippen MR) is 50.1 cm³/mol. The molecule has 0 radical (unpaired) electrons. The summed E-state index contributed by atoms with van der Waals surface area (Å²) in [6.45, 7) is 11.6. The zero-order valence-corrected chi connectivity index (χ0v) is 8.75. The molecule has 0 aliphatic rings. The van der Waals surface area contributed by atoms with Crippen LogP contribution < -0.4 is 0 Å². The molecule has 0 rings (SSSR count). The van der Waals surface area contributed by atoms with E-state index in [-0.39, 0.29) is 11.7 Å². The second kappa shape index (κ2) is 6.40. The lowest BCUT2D eigenvalue weighted by Gasteiger charge is -2.39. The molecule has 0 aromatic rings. The van der Waals surface area contributed by atoms with Crippen LogP contribution in [0, 0.1) is 0 Å². The second-order valence-corrected chi connectivity index (χ2v) is 3.06. The predicted octanol–water partition coefficient (Wildman–Crippen LogP) is 1.41. The zero-order valence-electron chi connectivity index (χ0n) is 8.75. The molecule has 0 aliphatic heterocycles. The monoisotopic (exact) mass is 177 g/mol. The molecule has 0 aliphatic carbocycles. The van der Waals surface area contributed by atoms with Crippen LogP contribution in [0.1, 0.15) is 34.1 Å². The average Bonchev–Trinajstić information content (AvgIpc) is 2.08. The number of quaternary nitrogens is 1. The molecule has 0 saturated carbocycles. The molecule has 0 spiro atoms. The van der Waals surface area contributed by atoms with Crippen LogP contribution in [0.4, 0.5) is 0 Å². The van der Waals surface area contributed by atoms with Crippen LogP contribution >= 0.6 is 0 Å². The second-order valence-electron chi connectivity index (χ2n) is 3.06. The van der Waals surface area contributed by atoms with E-state index in [0.717, 1.165) is 30.5 Å². The third kappa shape index (κ3) is 2.73. The van der Waals surface area contributed by atoms with Crippen molar-refractivity contribution in [3.63, 3.8) is 0 Å². The van der Waals surface area contributed by atoms with Crippen molar-refractivity contribution in [1.29, 1.82) is 0 Å². The van der Waals surface area contributed by atoms with Gasteiger partial charge in [0.1, 0.15) is 0 Å². The van der Waals surface area contributed by atoms with Crippen LogP contribution in [0.25, 0.3) is 0 Å². The number of hydrogen-bond acceptors (Lipinski definition) is 2. The lowest BCUT2D eigenvalue weighted by atomic mass is 10.2. The van der Waals surface area contributed by atoms with Gasteiger partial charge in [-0.15, -0.1) is 0 Å². The van der Waals surface area contributed by atoms with Crippen molar-refractivity contribution in [2.75, 3.05) is 19.6 Å². The van der Waals surface area contributed by atoms with Crippen molar-refractivity contribution < 1.29 is 15.1 Å². The maximum Gasteiger partial charge on any atom is 0.190 e. The summed E-state index contributed by atoms with van der Waals surface area (Å²) in [6.07, 6.45) is 0.685. The Labute approximate surface area is 75.9 Å². The van der Waals surface area contributed by atoms with Gasteiger partial charge in [0.25, 0.3) is 0 Å². The maximum absolute atomic E-state index is 9.74. The fourth-order valence-electron chi connectivity index (χ4n) is 1.69. The van der Waals surface area contributed by atoms with Crippen LogP contribution in [-0.4, -0.2) is 40.9 Å². The fourth-order valence-corrected chi connectivity index (χ4v) is 1.69. The smallest absolute Gasteiger partial charge is 0.190 e. The molecule has 3 nitrogen and oxygen atoms in total. The minimum atomic E-state index is -0.171. The highest BCUT2D eigenvalue weighted by molar-refractivity contribution is 4.41. The van der Waals surface area contributed by atoms with Gasteiger partial charge in [-0.2, -0.15) is 0 Å². The first-order chi connectivity index (χ1) is 5.16. The molecule has 0 saturated heterocycles. The summed E-state index contributed by atoms with van der Waals surface area (Å²) in [5.74, 6) is 0. The summed E-state index contributed by atoms with van der Waals surface area (Å²) in [7, 11) is 0. The van der Waals surface area contributed by atoms with Gasteiger partial charge in [-0.1, -0.05) is 6.92 Å². The highest BCUT2D eigenvalue weighted by Gasteiger charge is 2.28. The highest BCUT2D eigenvalue weighted by atomic mass is 16.3. The molecule has 0 heterocycles. The Morgan fingerprint density at radius 3 is 1.42 bits per heavy atom. The molecule has 0 fully saturated rings. The molecule has 2 N–H and O–H groups in total. The van der Waals surface area contributed by atoms with Gasteiger partial charge in [-0.25, -0.2) is 0 Å². The van der Waals surface area contributed by atoms with E-state index in [1.54, 1.807) is 0 Å². The van der Waals surface area contributed by atoms with Gasteiger partial charge in [0, 0.05) is 6.42 Å². The van der Waals surface area contributed by atoms with E-state index < -0.39 is 0 Å². The first-order valence-corrected chi connectivity index (χ1v) is 4.70. The van der Waals surface area contributed by atoms with Gasteiger partial charge in [0.15, 0.2) is 6.23 Å². The van der Waals surface area contributed by atoms with Crippen LogP contribution in [0.3, 0.4) is 0 Å². The molecular formula is C9H23NO2. The molecule has 0 aromatic carbocycles. The van der Waals surface area contributed by atoms with Crippen molar-refractivity contribution in [2.24, 2.45) is 0 Å². The summed E-state index contributed by atoms with van der Waals surface area (Å²) >= 11 is 0. The van der Waals surface area contributed by atoms with E-state index in [1.807, 2.05) is 6.92 Å². The molecule has 1 atom stereocenters. The Morgan fingerprint density at radius 1 is 1.00 bits per heavy atom. The number of rotatable bonds is 5. The van der Waals surface area contributed by atoms with Crippen molar-refractivity contribution in [3.8, 4) is 0 Å². The van der Waals surface area contributed by atoms with Crippen LogP contribution in [0.2, 0.25) is 0 Å². The Balaban J connectivity index is 0. The minimum absolute atomic E-state index is 0. The summed E-state index contributed by atoms with van der Waals surface area (Å²) < 4.78 is 0.844. The van der Waals surface area contributed by atoms with Gasteiger partial charge in [-0.05, 0) is 20.8 Å². The van der Waals surface area contributed by atoms with Crippen molar-refractivity contribution >= 4 is 0 Å². The lowest BCUT2D eigenvalue weighted by Crippen LogP contribution is -2.54. The minimum Gasteiger partial charge on any atom is -0.870 e. The molecular weight excluding hydrogens is 154 g/mol.